The van der Waals surface area contributed by atoms with Gasteiger partial charge in [-0.1, -0.05) is 12.1 Å². The van der Waals surface area contributed by atoms with Crippen molar-refractivity contribution in [1.29, 1.82) is 0 Å². The summed E-state index contributed by atoms with van der Waals surface area (Å²) in [5, 5.41) is 2.72. The summed E-state index contributed by atoms with van der Waals surface area (Å²) in [6.45, 7) is -2.24. The van der Waals surface area contributed by atoms with Gasteiger partial charge in [0.05, 0.1) is 6.10 Å². The molecule has 124 valence electrons. The second-order valence-corrected chi connectivity index (χ2v) is 4.80. The standard InChI is InChI=1S/C14H18F2N2O3.ClH/c15-14(16)21-10-3-1-2-9(6-10)8-18-13(19)12-5-4-11(7-17)20-12;/h1-3,6,11-12,14H,4-5,7-8,17H2,(H,18,19);1H/t11-,12+;/m1./s1. The highest BCUT2D eigenvalue weighted by molar-refractivity contribution is 5.85. The van der Waals surface area contributed by atoms with Crippen LogP contribution >= 0.6 is 12.4 Å². The maximum absolute atomic E-state index is 12.1. The molecule has 1 aromatic rings. The molecule has 5 nitrogen and oxygen atoms in total. The molecule has 1 saturated heterocycles. The third kappa shape index (κ3) is 5.40. The zero-order valence-corrected chi connectivity index (χ0v) is 12.7. The van der Waals surface area contributed by atoms with E-state index in [1.165, 1.54) is 12.1 Å². The third-order valence-corrected chi connectivity index (χ3v) is 3.25. The molecular weight excluding hydrogens is 318 g/mol. The van der Waals surface area contributed by atoms with Gasteiger partial charge in [-0.3, -0.25) is 4.79 Å². The van der Waals surface area contributed by atoms with E-state index in [2.05, 4.69) is 10.1 Å². The second kappa shape index (κ2) is 8.87. The Morgan fingerprint density at radius 1 is 1.45 bits per heavy atom. The average molecular weight is 337 g/mol. The minimum atomic E-state index is -2.87. The van der Waals surface area contributed by atoms with Gasteiger partial charge >= 0.3 is 6.61 Å². The molecule has 1 aromatic carbocycles. The van der Waals surface area contributed by atoms with Crippen LogP contribution in [0.25, 0.3) is 0 Å². The first-order chi connectivity index (χ1) is 10.1. The van der Waals surface area contributed by atoms with E-state index in [0.29, 0.717) is 18.5 Å². The summed E-state index contributed by atoms with van der Waals surface area (Å²) in [5.74, 6) is -0.150. The molecule has 0 radical (unpaired) electrons. The van der Waals surface area contributed by atoms with Crippen molar-refractivity contribution in [2.45, 2.75) is 38.2 Å². The number of hydrogen-bond acceptors (Lipinski definition) is 4. The smallest absolute Gasteiger partial charge is 0.387 e. The van der Waals surface area contributed by atoms with Crippen LogP contribution in [0, 0.1) is 0 Å². The van der Waals surface area contributed by atoms with Gasteiger partial charge in [0, 0.05) is 13.1 Å². The fourth-order valence-corrected chi connectivity index (χ4v) is 2.21. The van der Waals surface area contributed by atoms with Gasteiger partial charge < -0.3 is 20.5 Å². The molecule has 1 aliphatic heterocycles. The second-order valence-electron chi connectivity index (χ2n) is 4.80. The van der Waals surface area contributed by atoms with Crippen LogP contribution < -0.4 is 15.8 Å². The van der Waals surface area contributed by atoms with Crippen molar-refractivity contribution in [3.8, 4) is 5.75 Å². The van der Waals surface area contributed by atoms with E-state index in [-0.39, 0.29) is 36.7 Å². The number of carbonyl (C=O) groups excluding carboxylic acids is 1. The summed E-state index contributed by atoms with van der Waals surface area (Å²) >= 11 is 0. The first-order valence-electron chi connectivity index (χ1n) is 6.75. The molecule has 1 aliphatic rings. The highest BCUT2D eigenvalue weighted by atomic mass is 35.5. The molecule has 0 bridgehead atoms. The van der Waals surface area contributed by atoms with Crippen LogP contribution in [0.4, 0.5) is 8.78 Å². The van der Waals surface area contributed by atoms with Gasteiger partial charge in [0.1, 0.15) is 11.9 Å². The SMILES string of the molecule is Cl.NC[C@H]1CC[C@@H](C(=O)NCc2cccc(OC(F)F)c2)O1. The van der Waals surface area contributed by atoms with E-state index in [0.717, 1.165) is 6.42 Å². The molecule has 0 aromatic heterocycles. The van der Waals surface area contributed by atoms with Crippen LogP contribution in [0.3, 0.4) is 0 Å². The number of nitrogens with two attached hydrogens (primary N) is 1. The Balaban J connectivity index is 0.00000242. The van der Waals surface area contributed by atoms with Crippen molar-refractivity contribution in [1.82, 2.24) is 5.32 Å². The van der Waals surface area contributed by atoms with Crippen molar-refractivity contribution in [2.75, 3.05) is 6.54 Å². The molecule has 8 heteroatoms. The summed E-state index contributed by atoms with van der Waals surface area (Å²) in [5.41, 5.74) is 6.16. The lowest BCUT2D eigenvalue weighted by Gasteiger charge is -2.13. The molecule has 1 fully saturated rings. The molecule has 0 spiro atoms. The van der Waals surface area contributed by atoms with Gasteiger partial charge in [-0.15, -0.1) is 12.4 Å². The molecule has 0 aliphatic carbocycles. The van der Waals surface area contributed by atoms with Crippen LogP contribution in [0.15, 0.2) is 24.3 Å². The Labute approximate surface area is 133 Å². The molecule has 3 N–H and O–H groups in total. The predicted molar refractivity (Wildman–Crippen MR) is 79.1 cm³/mol. The molecule has 1 amide bonds. The molecule has 2 atom stereocenters. The number of alkyl halides is 2. The third-order valence-electron chi connectivity index (χ3n) is 3.25. The number of hydrogen-bond donors (Lipinski definition) is 2. The van der Waals surface area contributed by atoms with Gasteiger partial charge in [-0.2, -0.15) is 8.78 Å². The van der Waals surface area contributed by atoms with Crippen molar-refractivity contribution >= 4 is 18.3 Å². The molecular formula is C14H19ClF2N2O3. The van der Waals surface area contributed by atoms with E-state index in [4.69, 9.17) is 10.5 Å². The van der Waals surface area contributed by atoms with E-state index in [1.54, 1.807) is 12.1 Å². The fraction of sp³-hybridized carbons (Fsp3) is 0.500. The van der Waals surface area contributed by atoms with Crippen LogP contribution in [-0.4, -0.2) is 31.3 Å². The normalized spacial score (nSPS) is 20.5. The zero-order chi connectivity index (χ0) is 15.2. The van der Waals surface area contributed by atoms with Crippen molar-refractivity contribution in [3.05, 3.63) is 29.8 Å². The Kier molecular flexibility index (Phi) is 7.50. The van der Waals surface area contributed by atoms with Crippen molar-refractivity contribution in [3.63, 3.8) is 0 Å². The van der Waals surface area contributed by atoms with Gasteiger partial charge in [0.15, 0.2) is 0 Å². The Morgan fingerprint density at radius 3 is 2.86 bits per heavy atom. The van der Waals surface area contributed by atoms with E-state index in [9.17, 15) is 13.6 Å². The molecule has 2 rings (SSSR count). The monoisotopic (exact) mass is 336 g/mol. The van der Waals surface area contributed by atoms with Crippen LogP contribution in [0.5, 0.6) is 5.75 Å². The highest BCUT2D eigenvalue weighted by Crippen LogP contribution is 2.19. The molecule has 0 unspecified atom stereocenters. The van der Waals surface area contributed by atoms with Gasteiger partial charge in [-0.25, -0.2) is 0 Å². The summed E-state index contributed by atoms with van der Waals surface area (Å²) < 4.78 is 34.0. The maximum Gasteiger partial charge on any atom is 0.387 e. The minimum absolute atomic E-state index is 0. The molecule has 0 saturated carbocycles. The van der Waals surface area contributed by atoms with Gasteiger partial charge in [-0.05, 0) is 30.5 Å². The molecule has 22 heavy (non-hydrogen) atoms. The number of carbonyl (C=O) groups is 1. The largest absolute Gasteiger partial charge is 0.435 e. The lowest BCUT2D eigenvalue weighted by Crippen LogP contribution is -2.35. The van der Waals surface area contributed by atoms with E-state index < -0.39 is 12.7 Å². The number of rotatable bonds is 6. The van der Waals surface area contributed by atoms with E-state index in [1.807, 2.05) is 0 Å². The predicted octanol–water partition coefficient (Wildman–Crippen LogP) is 1.83. The van der Waals surface area contributed by atoms with Crippen LogP contribution in [0.1, 0.15) is 18.4 Å². The summed E-state index contributed by atoms with van der Waals surface area (Å²) in [7, 11) is 0. The summed E-state index contributed by atoms with van der Waals surface area (Å²) in [6, 6.07) is 6.21. The Bertz CT molecular complexity index is 491. The van der Waals surface area contributed by atoms with Gasteiger partial charge in [0.2, 0.25) is 5.91 Å². The van der Waals surface area contributed by atoms with Gasteiger partial charge in [0.25, 0.3) is 0 Å². The first kappa shape index (κ1) is 18.6. The highest BCUT2D eigenvalue weighted by Gasteiger charge is 2.29. The Morgan fingerprint density at radius 2 is 2.23 bits per heavy atom. The summed E-state index contributed by atoms with van der Waals surface area (Å²) in [4.78, 5) is 11.9. The fourth-order valence-electron chi connectivity index (χ4n) is 2.21. The average Bonchev–Trinajstić information content (AvgIpc) is 2.93. The van der Waals surface area contributed by atoms with E-state index >= 15 is 0 Å². The number of benzene rings is 1. The minimum Gasteiger partial charge on any atom is -0.435 e. The lowest BCUT2D eigenvalue weighted by molar-refractivity contribution is -0.132. The summed E-state index contributed by atoms with van der Waals surface area (Å²) in [6.07, 6.45) is 0.858. The lowest BCUT2D eigenvalue weighted by atomic mass is 10.1. The number of nitrogens with one attached hydrogen (secondary N) is 1. The number of amides is 1. The quantitative estimate of drug-likeness (QED) is 0.831. The topological polar surface area (TPSA) is 73.6 Å². The maximum atomic E-state index is 12.1. The van der Waals surface area contributed by atoms with Crippen LogP contribution in [0.2, 0.25) is 0 Å². The number of halogens is 3. The first-order valence-corrected chi connectivity index (χ1v) is 6.75. The Hall–Kier alpha value is -1.44. The molecule has 1 heterocycles. The van der Waals surface area contributed by atoms with Crippen LogP contribution in [-0.2, 0) is 16.1 Å². The van der Waals surface area contributed by atoms with Crippen molar-refractivity contribution in [2.24, 2.45) is 5.73 Å². The number of ether oxygens (including phenoxy) is 2. The van der Waals surface area contributed by atoms with Crippen molar-refractivity contribution < 1.29 is 23.0 Å². The zero-order valence-electron chi connectivity index (χ0n) is 11.8.